The lowest BCUT2D eigenvalue weighted by molar-refractivity contribution is -0.131. The molecule has 3 fully saturated rings. The van der Waals surface area contributed by atoms with Gasteiger partial charge in [0.15, 0.2) is 0 Å². The van der Waals surface area contributed by atoms with E-state index in [1.165, 1.54) is 0 Å². The minimum atomic E-state index is -0.240. The fraction of sp³-hybridized carbons (Fsp3) is 0.545. The second kappa shape index (κ2) is 6.38. The highest BCUT2D eigenvalue weighted by Crippen LogP contribution is 2.60. The third kappa shape index (κ3) is 2.70. The average Bonchev–Trinajstić information content (AvgIpc) is 3.54. The van der Waals surface area contributed by atoms with Gasteiger partial charge in [-0.25, -0.2) is 9.67 Å². The van der Waals surface area contributed by atoms with Gasteiger partial charge in [-0.1, -0.05) is 11.3 Å². The molecule has 3 aliphatic rings. The molecule has 1 aliphatic heterocycles. The quantitative estimate of drug-likeness (QED) is 0.719. The summed E-state index contributed by atoms with van der Waals surface area (Å²) in [5.74, 6) is 0.253. The molecule has 2 saturated carbocycles. The molecule has 1 amide bonds. The van der Waals surface area contributed by atoms with E-state index in [1.54, 1.807) is 0 Å². The number of hydrogen-bond acceptors (Lipinski definition) is 5. The van der Waals surface area contributed by atoms with E-state index in [1.807, 2.05) is 45.9 Å². The number of rotatable bonds is 4. The van der Waals surface area contributed by atoms with E-state index in [-0.39, 0.29) is 16.9 Å². The summed E-state index contributed by atoms with van der Waals surface area (Å²) in [4.78, 5) is 20.2. The van der Waals surface area contributed by atoms with Crippen molar-refractivity contribution in [3.05, 3.63) is 36.8 Å². The molecule has 0 spiro atoms. The molecule has 2 bridgehead atoms. The number of likely N-dealkylation sites (tertiary alicyclic amines) is 1. The monoisotopic (exact) mass is 405 g/mol. The third-order valence-electron chi connectivity index (χ3n) is 7.62. The second-order valence-corrected chi connectivity index (χ2v) is 9.54. The number of nitrogens with zero attached hydrogens (tertiary/aromatic N) is 6. The number of carbonyl (C=O) groups excluding carboxylic acids is 1. The van der Waals surface area contributed by atoms with Crippen molar-refractivity contribution < 1.29 is 4.79 Å². The molecule has 0 aromatic carbocycles. The largest absolute Gasteiger partial charge is 0.352 e. The van der Waals surface area contributed by atoms with E-state index in [4.69, 9.17) is 0 Å². The Morgan fingerprint density at radius 3 is 2.80 bits per heavy atom. The van der Waals surface area contributed by atoms with Crippen molar-refractivity contribution in [1.82, 2.24) is 34.6 Å². The number of hydrogen-bond donors (Lipinski definition) is 1. The maximum Gasteiger partial charge on any atom is 0.226 e. The SMILES string of the molecule is CN1CCC(NC(=O)C23CCC(n4cc(-c5cn6ccccc6n5)nn4)(CC2)C3)C1. The van der Waals surface area contributed by atoms with Crippen molar-refractivity contribution in [2.75, 3.05) is 20.1 Å². The van der Waals surface area contributed by atoms with Gasteiger partial charge in [-0.15, -0.1) is 5.10 Å². The molecule has 2 aliphatic carbocycles. The summed E-state index contributed by atoms with van der Waals surface area (Å²) < 4.78 is 4.02. The van der Waals surface area contributed by atoms with Gasteiger partial charge in [0.2, 0.25) is 5.91 Å². The van der Waals surface area contributed by atoms with Gasteiger partial charge < -0.3 is 14.6 Å². The zero-order chi connectivity index (χ0) is 20.3. The van der Waals surface area contributed by atoms with Crippen molar-refractivity contribution in [1.29, 1.82) is 0 Å². The fourth-order valence-electron chi connectivity index (χ4n) is 5.86. The highest BCUT2D eigenvalue weighted by Gasteiger charge is 2.59. The van der Waals surface area contributed by atoms with Crippen LogP contribution in [0.15, 0.2) is 36.8 Å². The Morgan fingerprint density at radius 2 is 2.03 bits per heavy atom. The highest BCUT2D eigenvalue weighted by atomic mass is 16.2. The number of carbonyl (C=O) groups is 1. The molecule has 4 heterocycles. The minimum Gasteiger partial charge on any atom is -0.352 e. The lowest BCUT2D eigenvalue weighted by Gasteiger charge is -2.28. The van der Waals surface area contributed by atoms with Crippen molar-refractivity contribution in [2.24, 2.45) is 5.41 Å². The van der Waals surface area contributed by atoms with Gasteiger partial charge in [0.1, 0.15) is 17.0 Å². The van der Waals surface area contributed by atoms with Crippen LogP contribution in [-0.2, 0) is 10.3 Å². The van der Waals surface area contributed by atoms with Crippen LogP contribution in [0.2, 0.25) is 0 Å². The normalized spacial score (nSPS) is 31.0. The Labute approximate surface area is 175 Å². The standard InChI is InChI=1S/C22H27N7O/c1-27-11-5-16(12-27)23-20(30)21-6-8-22(15-21,9-7-21)29-14-18(25-26-29)17-13-28-10-3-2-4-19(28)24-17/h2-4,10,13-14,16H,5-9,11-12,15H2,1H3,(H,23,30). The van der Waals surface area contributed by atoms with Crippen LogP contribution in [0.3, 0.4) is 0 Å². The van der Waals surface area contributed by atoms with E-state index in [0.29, 0.717) is 6.04 Å². The van der Waals surface area contributed by atoms with Gasteiger partial charge in [-0.3, -0.25) is 4.79 Å². The van der Waals surface area contributed by atoms with Crippen molar-refractivity contribution in [3.63, 3.8) is 0 Å². The van der Waals surface area contributed by atoms with Crippen LogP contribution < -0.4 is 5.32 Å². The molecule has 6 rings (SSSR count). The van der Waals surface area contributed by atoms with Crippen molar-refractivity contribution >= 4 is 11.6 Å². The van der Waals surface area contributed by atoms with Crippen molar-refractivity contribution in [3.8, 4) is 11.4 Å². The lowest BCUT2D eigenvalue weighted by atomic mass is 9.83. The predicted molar refractivity (Wildman–Crippen MR) is 112 cm³/mol. The molecule has 8 nitrogen and oxygen atoms in total. The Hall–Kier alpha value is -2.74. The van der Waals surface area contributed by atoms with Gasteiger partial charge >= 0.3 is 0 Å². The summed E-state index contributed by atoms with van der Waals surface area (Å²) in [6.45, 7) is 2.02. The molecule has 3 aromatic rings. The van der Waals surface area contributed by atoms with E-state index in [9.17, 15) is 4.79 Å². The first-order valence-corrected chi connectivity index (χ1v) is 10.9. The Bertz CT molecular complexity index is 1070. The molecular formula is C22H27N7O. The molecule has 8 heteroatoms. The lowest BCUT2D eigenvalue weighted by Crippen LogP contribution is -2.44. The van der Waals surface area contributed by atoms with Gasteiger partial charge in [-0.05, 0) is 64.3 Å². The zero-order valence-electron chi connectivity index (χ0n) is 17.3. The Morgan fingerprint density at radius 1 is 1.17 bits per heavy atom. The van der Waals surface area contributed by atoms with Gasteiger partial charge in [0.25, 0.3) is 0 Å². The number of amides is 1. The smallest absolute Gasteiger partial charge is 0.226 e. The van der Waals surface area contributed by atoms with E-state index < -0.39 is 0 Å². The number of fused-ring (bicyclic) bond motifs is 3. The van der Waals surface area contributed by atoms with E-state index >= 15 is 0 Å². The number of likely N-dealkylation sites (N-methyl/N-ethyl adjacent to an activating group) is 1. The average molecular weight is 406 g/mol. The van der Waals surface area contributed by atoms with Crippen LogP contribution >= 0.6 is 0 Å². The summed E-state index contributed by atoms with van der Waals surface area (Å²) in [6.07, 6.45) is 11.7. The molecule has 1 N–H and O–H groups in total. The molecule has 1 saturated heterocycles. The first kappa shape index (κ1) is 18.1. The summed E-state index contributed by atoms with van der Waals surface area (Å²) in [7, 11) is 2.12. The molecule has 156 valence electrons. The van der Waals surface area contributed by atoms with Gasteiger partial charge in [0, 0.05) is 25.0 Å². The molecule has 30 heavy (non-hydrogen) atoms. The minimum absolute atomic E-state index is 0.0891. The Kier molecular flexibility index (Phi) is 3.84. The fourth-order valence-corrected chi connectivity index (χ4v) is 5.86. The molecular weight excluding hydrogens is 378 g/mol. The van der Waals surface area contributed by atoms with Crippen LogP contribution in [0.5, 0.6) is 0 Å². The van der Waals surface area contributed by atoms with Crippen molar-refractivity contribution in [2.45, 2.75) is 50.1 Å². The highest BCUT2D eigenvalue weighted by molar-refractivity contribution is 5.84. The number of aromatic nitrogens is 5. The molecule has 1 atom stereocenters. The summed E-state index contributed by atoms with van der Waals surface area (Å²) in [5.41, 5.74) is 2.19. The second-order valence-electron chi connectivity index (χ2n) is 9.54. The zero-order valence-corrected chi connectivity index (χ0v) is 17.3. The summed E-state index contributed by atoms with van der Waals surface area (Å²) >= 11 is 0. The predicted octanol–water partition coefficient (Wildman–Crippen LogP) is 2.07. The van der Waals surface area contributed by atoms with Crippen LogP contribution in [0, 0.1) is 5.41 Å². The topological polar surface area (TPSA) is 80.4 Å². The maximum absolute atomic E-state index is 13.2. The van der Waals surface area contributed by atoms with Gasteiger partial charge in [0.05, 0.1) is 17.2 Å². The van der Waals surface area contributed by atoms with E-state index in [2.05, 4.69) is 32.6 Å². The molecule has 3 aromatic heterocycles. The van der Waals surface area contributed by atoms with Crippen LogP contribution in [-0.4, -0.2) is 61.4 Å². The summed E-state index contributed by atoms with van der Waals surface area (Å²) in [6, 6.07) is 6.24. The van der Waals surface area contributed by atoms with Crippen LogP contribution in [0.1, 0.15) is 38.5 Å². The van der Waals surface area contributed by atoms with Crippen LogP contribution in [0.25, 0.3) is 17.0 Å². The first-order valence-electron chi connectivity index (χ1n) is 10.9. The molecule has 1 unspecified atom stereocenters. The third-order valence-corrected chi connectivity index (χ3v) is 7.62. The van der Waals surface area contributed by atoms with E-state index in [0.717, 1.165) is 68.6 Å². The number of pyridine rings is 1. The molecule has 0 radical (unpaired) electrons. The Balaban J connectivity index is 1.22. The summed E-state index contributed by atoms with van der Waals surface area (Å²) in [5, 5.41) is 12.3. The van der Waals surface area contributed by atoms with Crippen LogP contribution in [0.4, 0.5) is 0 Å². The number of nitrogens with one attached hydrogen (secondary N) is 1. The van der Waals surface area contributed by atoms with Gasteiger partial charge in [-0.2, -0.15) is 0 Å². The number of imidazole rings is 1. The maximum atomic E-state index is 13.2. The first-order chi connectivity index (χ1) is 14.6.